The van der Waals surface area contributed by atoms with Gasteiger partial charge in [-0.2, -0.15) is 0 Å². The zero-order chi connectivity index (χ0) is 19.9. The van der Waals surface area contributed by atoms with Crippen molar-refractivity contribution in [2.24, 2.45) is 0 Å². The molecule has 1 heterocycles. The lowest BCUT2D eigenvalue weighted by atomic mass is 10.1. The van der Waals surface area contributed by atoms with Crippen molar-refractivity contribution in [3.63, 3.8) is 0 Å². The first-order valence-corrected chi connectivity index (χ1v) is 8.49. The Morgan fingerprint density at radius 1 is 1.11 bits per heavy atom. The van der Waals surface area contributed by atoms with Gasteiger partial charge in [-0.25, -0.2) is 13.8 Å². The summed E-state index contributed by atoms with van der Waals surface area (Å²) < 4.78 is 32.8. The Balaban J connectivity index is 1.50. The number of para-hydroxylation sites is 1. The number of carbonyl (C=O) groups excluding carboxylic acids is 1. The highest BCUT2D eigenvalue weighted by atomic mass is 19.1. The summed E-state index contributed by atoms with van der Waals surface area (Å²) in [7, 11) is 0. The standard InChI is InChI=1S/C20H17F2N3O3/c21-15-7-5-14(6-8-15)17-11-20(27)25(13-24-17)10-9-23-19(26)12-28-18-4-2-1-3-16(18)22/h1-8,11,13H,9-10,12H2,(H,23,26). The van der Waals surface area contributed by atoms with Crippen LogP contribution in [0.25, 0.3) is 11.3 Å². The Morgan fingerprint density at radius 3 is 2.57 bits per heavy atom. The largest absolute Gasteiger partial charge is 0.481 e. The molecule has 6 nitrogen and oxygen atoms in total. The fraction of sp³-hybridized carbons (Fsp3) is 0.150. The second kappa shape index (κ2) is 8.90. The van der Waals surface area contributed by atoms with Crippen molar-refractivity contribution >= 4 is 5.91 Å². The predicted molar refractivity (Wildman–Crippen MR) is 98.8 cm³/mol. The maximum atomic E-state index is 13.4. The molecule has 0 bridgehead atoms. The van der Waals surface area contributed by atoms with Gasteiger partial charge in [0.05, 0.1) is 12.0 Å². The fourth-order valence-electron chi connectivity index (χ4n) is 2.44. The number of aromatic nitrogens is 2. The minimum Gasteiger partial charge on any atom is -0.481 e. The summed E-state index contributed by atoms with van der Waals surface area (Å²) in [6.45, 7) is 0.0511. The van der Waals surface area contributed by atoms with Crippen LogP contribution in [0.3, 0.4) is 0 Å². The number of nitrogens with one attached hydrogen (secondary N) is 1. The number of nitrogens with zero attached hydrogens (tertiary/aromatic N) is 2. The molecule has 1 N–H and O–H groups in total. The lowest BCUT2D eigenvalue weighted by Gasteiger charge is -2.09. The van der Waals surface area contributed by atoms with Crippen LogP contribution in [-0.4, -0.2) is 28.6 Å². The summed E-state index contributed by atoms with van der Waals surface area (Å²) in [6.07, 6.45) is 1.36. The van der Waals surface area contributed by atoms with Crippen LogP contribution in [0.4, 0.5) is 8.78 Å². The predicted octanol–water partition coefficient (Wildman–Crippen LogP) is 2.38. The highest BCUT2D eigenvalue weighted by Gasteiger charge is 2.07. The van der Waals surface area contributed by atoms with E-state index in [0.717, 1.165) is 0 Å². The molecule has 0 aliphatic heterocycles. The van der Waals surface area contributed by atoms with Crippen molar-refractivity contribution in [3.05, 3.63) is 82.9 Å². The molecule has 0 spiro atoms. The minimum atomic E-state index is -0.547. The van der Waals surface area contributed by atoms with Crippen LogP contribution in [-0.2, 0) is 11.3 Å². The van der Waals surface area contributed by atoms with E-state index in [9.17, 15) is 18.4 Å². The first-order chi connectivity index (χ1) is 13.5. The maximum Gasteiger partial charge on any atom is 0.258 e. The summed E-state index contributed by atoms with van der Waals surface area (Å²) in [4.78, 5) is 28.1. The number of carbonyl (C=O) groups is 1. The van der Waals surface area contributed by atoms with Crippen LogP contribution in [0, 0.1) is 11.6 Å². The average Bonchev–Trinajstić information content (AvgIpc) is 2.69. The maximum absolute atomic E-state index is 13.4. The average molecular weight is 385 g/mol. The van der Waals surface area contributed by atoms with E-state index in [2.05, 4.69) is 10.3 Å². The smallest absolute Gasteiger partial charge is 0.258 e. The molecule has 0 aliphatic rings. The molecule has 8 heteroatoms. The van der Waals surface area contributed by atoms with E-state index in [4.69, 9.17) is 4.74 Å². The molecule has 3 rings (SSSR count). The second-order valence-corrected chi connectivity index (χ2v) is 5.88. The van der Waals surface area contributed by atoms with E-state index >= 15 is 0 Å². The molecule has 0 fully saturated rings. The summed E-state index contributed by atoms with van der Waals surface area (Å²) in [5, 5.41) is 2.59. The van der Waals surface area contributed by atoms with Crippen LogP contribution >= 0.6 is 0 Å². The summed E-state index contributed by atoms with van der Waals surface area (Å²) in [5.74, 6) is -1.36. The molecular weight excluding hydrogens is 368 g/mol. The van der Waals surface area contributed by atoms with Gasteiger partial charge in [0.25, 0.3) is 11.5 Å². The fourth-order valence-corrected chi connectivity index (χ4v) is 2.44. The third kappa shape index (κ3) is 5.00. The Bertz CT molecular complexity index is 1020. The molecule has 0 unspecified atom stereocenters. The van der Waals surface area contributed by atoms with Gasteiger partial charge in [0.1, 0.15) is 5.82 Å². The Morgan fingerprint density at radius 2 is 1.86 bits per heavy atom. The highest BCUT2D eigenvalue weighted by Crippen LogP contribution is 2.15. The molecule has 0 saturated heterocycles. The van der Waals surface area contributed by atoms with E-state index < -0.39 is 11.7 Å². The molecule has 144 valence electrons. The molecule has 3 aromatic rings. The Labute approximate surface area is 159 Å². The number of halogens is 2. The van der Waals surface area contributed by atoms with Gasteiger partial charge in [0.15, 0.2) is 18.2 Å². The first-order valence-electron chi connectivity index (χ1n) is 8.49. The number of hydrogen-bond acceptors (Lipinski definition) is 4. The van der Waals surface area contributed by atoms with Gasteiger partial charge >= 0.3 is 0 Å². The number of ether oxygens (including phenoxy) is 1. The number of amides is 1. The third-order valence-corrected chi connectivity index (χ3v) is 3.89. The second-order valence-electron chi connectivity index (χ2n) is 5.88. The van der Waals surface area contributed by atoms with Gasteiger partial charge in [-0.05, 0) is 36.4 Å². The first kappa shape index (κ1) is 19.2. The minimum absolute atomic E-state index is 0.00514. The number of hydrogen-bond donors (Lipinski definition) is 1. The van der Waals surface area contributed by atoms with Crippen molar-refractivity contribution in [1.29, 1.82) is 0 Å². The lowest BCUT2D eigenvalue weighted by Crippen LogP contribution is -2.33. The quantitative estimate of drug-likeness (QED) is 0.678. The van der Waals surface area contributed by atoms with Gasteiger partial charge in [0.2, 0.25) is 0 Å². The van der Waals surface area contributed by atoms with Crippen LogP contribution in [0.15, 0.2) is 65.7 Å². The van der Waals surface area contributed by atoms with E-state index in [1.807, 2.05) is 0 Å². The Kier molecular flexibility index (Phi) is 6.11. The van der Waals surface area contributed by atoms with Crippen molar-refractivity contribution in [2.75, 3.05) is 13.2 Å². The molecule has 0 aliphatic carbocycles. The van der Waals surface area contributed by atoms with Crippen molar-refractivity contribution in [1.82, 2.24) is 14.9 Å². The van der Waals surface area contributed by atoms with Gasteiger partial charge in [0, 0.05) is 24.7 Å². The summed E-state index contributed by atoms with van der Waals surface area (Å²) >= 11 is 0. The summed E-state index contributed by atoms with van der Waals surface area (Å²) in [5.41, 5.74) is 0.763. The topological polar surface area (TPSA) is 73.2 Å². The van der Waals surface area contributed by atoms with Gasteiger partial charge in [-0.15, -0.1) is 0 Å². The van der Waals surface area contributed by atoms with Gasteiger partial charge < -0.3 is 10.1 Å². The molecule has 0 radical (unpaired) electrons. The molecular formula is C20H17F2N3O3. The van der Waals surface area contributed by atoms with Crippen LogP contribution in [0.5, 0.6) is 5.75 Å². The van der Waals surface area contributed by atoms with E-state index in [1.54, 1.807) is 6.07 Å². The molecule has 28 heavy (non-hydrogen) atoms. The molecule has 2 aromatic carbocycles. The van der Waals surface area contributed by atoms with E-state index in [-0.39, 0.29) is 36.8 Å². The van der Waals surface area contributed by atoms with Crippen molar-refractivity contribution in [3.8, 4) is 17.0 Å². The monoisotopic (exact) mass is 385 g/mol. The SMILES string of the molecule is O=C(COc1ccccc1F)NCCn1cnc(-c2ccc(F)cc2)cc1=O. The van der Waals surface area contributed by atoms with Gasteiger partial charge in [-0.1, -0.05) is 12.1 Å². The molecule has 1 amide bonds. The van der Waals surface area contributed by atoms with Gasteiger partial charge in [-0.3, -0.25) is 14.2 Å². The zero-order valence-corrected chi connectivity index (χ0v) is 14.8. The third-order valence-electron chi connectivity index (χ3n) is 3.89. The van der Waals surface area contributed by atoms with E-state index in [1.165, 1.54) is 59.4 Å². The molecule has 0 saturated carbocycles. The lowest BCUT2D eigenvalue weighted by molar-refractivity contribution is -0.123. The normalized spacial score (nSPS) is 10.5. The summed E-state index contributed by atoms with van der Waals surface area (Å²) in [6, 6.07) is 12.8. The Hall–Kier alpha value is -3.55. The highest BCUT2D eigenvalue weighted by molar-refractivity contribution is 5.77. The number of benzene rings is 2. The zero-order valence-electron chi connectivity index (χ0n) is 14.8. The van der Waals surface area contributed by atoms with E-state index in [0.29, 0.717) is 11.3 Å². The van der Waals surface area contributed by atoms with Crippen LogP contribution in [0.2, 0.25) is 0 Å². The van der Waals surface area contributed by atoms with Crippen molar-refractivity contribution in [2.45, 2.75) is 6.54 Å². The van der Waals surface area contributed by atoms with Crippen LogP contribution in [0.1, 0.15) is 0 Å². The molecule has 0 atom stereocenters. The van der Waals surface area contributed by atoms with Crippen molar-refractivity contribution < 1.29 is 18.3 Å². The number of rotatable bonds is 7. The van der Waals surface area contributed by atoms with Crippen LogP contribution < -0.4 is 15.6 Å². The molecule has 1 aromatic heterocycles.